The van der Waals surface area contributed by atoms with E-state index in [0.29, 0.717) is 0 Å². The predicted octanol–water partition coefficient (Wildman–Crippen LogP) is 2.84. The summed E-state index contributed by atoms with van der Waals surface area (Å²) in [5, 5.41) is 10.2. The first-order valence-electron chi connectivity index (χ1n) is 6.19. The van der Waals surface area contributed by atoms with Crippen LogP contribution in [0.5, 0.6) is 0 Å². The molecule has 0 heterocycles. The van der Waals surface area contributed by atoms with Crippen LogP contribution in [0.3, 0.4) is 0 Å². The maximum Gasteiger partial charge on any atom is 0.142 e. The molecule has 2 aromatic carbocycles. The van der Waals surface area contributed by atoms with E-state index in [0.717, 1.165) is 16.8 Å². The first-order valence-corrected chi connectivity index (χ1v) is 6.19. The lowest BCUT2D eigenvalue weighted by atomic mass is 10.1. The number of anilines is 1. The second kappa shape index (κ2) is 6.08. The van der Waals surface area contributed by atoms with Gasteiger partial charge in [-0.25, -0.2) is 0 Å². The van der Waals surface area contributed by atoms with E-state index >= 15 is 0 Å². The summed E-state index contributed by atoms with van der Waals surface area (Å²) in [5.74, 6) is 5.88. The lowest BCUT2D eigenvalue weighted by molar-refractivity contribution is 0.239. The Bertz CT molecular complexity index is 593. The van der Waals surface area contributed by atoms with E-state index in [1.807, 2.05) is 73.6 Å². The summed E-state index contributed by atoms with van der Waals surface area (Å²) in [6.45, 7) is 0. The van der Waals surface area contributed by atoms with Crippen molar-refractivity contribution < 1.29 is 5.11 Å². The van der Waals surface area contributed by atoms with Gasteiger partial charge in [0, 0.05) is 30.9 Å². The van der Waals surface area contributed by atoms with Crippen molar-refractivity contribution >= 4 is 5.69 Å². The molecule has 2 heteroatoms. The molecular weight excluding hydrogens is 234 g/mol. The minimum absolute atomic E-state index is 0.779. The van der Waals surface area contributed by atoms with Crippen molar-refractivity contribution in [3.05, 3.63) is 65.7 Å². The highest BCUT2D eigenvalue weighted by Crippen LogP contribution is 2.24. The smallest absolute Gasteiger partial charge is 0.142 e. The van der Waals surface area contributed by atoms with Crippen LogP contribution >= 0.6 is 0 Å². The number of rotatable bonds is 2. The second-order valence-electron chi connectivity index (χ2n) is 4.49. The Morgan fingerprint density at radius 1 is 0.947 bits per heavy atom. The minimum atomic E-state index is -0.779. The molecule has 96 valence electrons. The molecule has 1 atom stereocenters. The van der Waals surface area contributed by atoms with Gasteiger partial charge in [-0.1, -0.05) is 48.2 Å². The summed E-state index contributed by atoms with van der Waals surface area (Å²) >= 11 is 0. The van der Waals surface area contributed by atoms with Gasteiger partial charge in [-0.05, 0) is 18.2 Å². The largest absolute Gasteiger partial charge is 0.377 e. The van der Waals surface area contributed by atoms with Crippen molar-refractivity contribution in [3.8, 4) is 11.8 Å². The summed E-state index contributed by atoms with van der Waals surface area (Å²) < 4.78 is 0. The third kappa shape index (κ3) is 3.37. The first kappa shape index (κ1) is 13.2. The first-order chi connectivity index (χ1) is 9.18. The molecule has 2 aromatic rings. The highest BCUT2D eigenvalue weighted by atomic mass is 16.3. The Balaban J connectivity index is 2.26. The van der Waals surface area contributed by atoms with Crippen molar-refractivity contribution in [2.45, 2.75) is 6.10 Å². The molecule has 0 aliphatic rings. The van der Waals surface area contributed by atoms with Crippen molar-refractivity contribution in [3.63, 3.8) is 0 Å². The van der Waals surface area contributed by atoms with Gasteiger partial charge in [0.1, 0.15) is 6.10 Å². The predicted molar refractivity (Wildman–Crippen MR) is 79.0 cm³/mol. The van der Waals surface area contributed by atoms with Gasteiger partial charge < -0.3 is 10.0 Å². The van der Waals surface area contributed by atoms with Crippen molar-refractivity contribution in [1.29, 1.82) is 0 Å². The zero-order valence-corrected chi connectivity index (χ0v) is 11.2. The summed E-state index contributed by atoms with van der Waals surface area (Å²) in [4.78, 5) is 1.97. The van der Waals surface area contributed by atoms with E-state index < -0.39 is 6.10 Å². The number of benzene rings is 2. The molecule has 0 saturated heterocycles. The molecule has 0 aliphatic heterocycles. The fourth-order valence-electron chi connectivity index (χ4n) is 1.88. The van der Waals surface area contributed by atoms with Crippen LogP contribution in [-0.2, 0) is 0 Å². The summed E-state index contributed by atoms with van der Waals surface area (Å²) in [6, 6.07) is 17.4. The molecule has 0 radical (unpaired) electrons. The molecule has 0 aliphatic carbocycles. The van der Waals surface area contributed by atoms with Crippen LogP contribution in [0.25, 0.3) is 0 Å². The molecule has 0 fully saturated rings. The van der Waals surface area contributed by atoms with Gasteiger partial charge in [-0.15, -0.1) is 0 Å². The van der Waals surface area contributed by atoms with Gasteiger partial charge in [-0.3, -0.25) is 0 Å². The van der Waals surface area contributed by atoms with E-state index in [9.17, 15) is 5.11 Å². The van der Waals surface area contributed by atoms with Crippen LogP contribution in [0.15, 0.2) is 54.6 Å². The van der Waals surface area contributed by atoms with Gasteiger partial charge in [-0.2, -0.15) is 0 Å². The normalized spacial score (nSPS) is 11.3. The zero-order chi connectivity index (χ0) is 13.7. The van der Waals surface area contributed by atoms with Crippen LogP contribution in [0.4, 0.5) is 5.69 Å². The maximum absolute atomic E-state index is 10.2. The van der Waals surface area contributed by atoms with E-state index in [1.54, 1.807) is 0 Å². The van der Waals surface area contributed by atoms with Crippen LogP contribution in [0.2, 0.25) is 0 Å². The molecule has 1 N–H and O–H groups in total. The van der Waals surface area contributed by atoms with Gasteiger partial charge in [0.25, 0.3) is 0 Å². The molecule has 0 spiro atoms. The standard InChI is InChI=1S/C17H17NO/c1-18(2)16-11-7-6-10-15(16)17(19)13-12-14-8-4-3-5-9-14/h3-11,17,19H,1-2H3. The monoisotopic (exact) mass is 251 g/mol. The quantitative estimate of drug-likeness (QED) is 0.830. The third-order valence-electron chi connectivity index (χ3n) is 2.84. The zero-order valence-electron chi connectivity index (χ0n) is 11.2. The lowest BCUT2D eigenvalue weighted by Gasteiger charge is -2.18. The van der Waals surface area contributed by atoms with Gasteiger partial charge in [0.05, 0.1) is 0 Å². The van der Waals surface area contributed by atoms with Gasteiger partial charge >= 0.3 is 0 Å². The number of hydrogen-bond donors (Lipinski definition) is 1. The fourth-order valence-corrected chi connectivity index (χ4v) is 1.88. The van der Waals surface area contributed by atoms with Crippen LogP contribution in [0.1, 0.15) is 17.2 Å². The minimum Gasteiger partial charge on any atom is -0.377 e. The molecular formula is C17H17NO. The molecule has 2 nitrogen and oxygen atoms in total. The lowest BCUT2D eigenvalue weighted by Crippen LogP contribution is -2.12. The van der Waals surface area contributed by atoms with Crippen LogP contribution in [0, 0.1) is 11.8 Å². The topological polar surface area (TPSA) is 23.5 Å². The second-order valence-corrected chi connectivity index (χ2v) is 4.49. The summed E-state index contributed by atoms with van der Waals surface area (Å²) in [5.41, 5.74) is 2.72. The van der Waals surface area contributed by atoms with Crippen molar-refractivity contribution in [1.82, 2.24) is 0 Å². The number of aliphatic hydroxyl groups excluding tert-OH is 1. The molecule has 0 aromatic heterocycles. The van der Waals surface area contributed by atoms with Crippen molar-refractivity contribution in [2.24, 2.45) is 0 Å². The molecule has 2 rings (SSSR count). The Hall–Kier alpha value is -2.24. The molecule has 0 saturated carbocycles. The highest BCUT2D eigenvalue weighted by Gasteiger charge is 2.10. The Morgan fingerprint density at radius 2 is 1.58 bits per heavy atom. The fraction of sp³-hybridized carbons (Fsp3) is 0.176. The van der Waals surface area contributed by atoms with Gasteiger partial charge in [0.15, 0.2) is 0 Å². The molecule has 0 amide bonds. The van der Waals surface area contributed by atoms with Crippen molar-refractivity contribution in [2.75, 3.05) is 19.0 Å². The van der Waals surface area contributed by atoms with Gasteiger partial charge in [0.2, 0.25) is 0 Å². The SMILES string of the molecule is CN(C)c1ccccc1C(O)C#Cc1ccccc1. The molecule has 1 unspecified atom stereocenters. The maximum atomic E-state index is 10.2. The number of para-hydroxylation sites is 1. The summed E-state index contributed by atoms with van der Waals surface area (Å²) in [6.07, 6.45) is -0.779. The number of hydrogen-bond acceptors (Lipinski definition) is 2. The van der Waals surface area contributed by atoms with Crippen LogP contribution in [-0.4, -0.2) is 19.2 Å². The molecule has 19 heavy (non-hydrogen) atoms. The Kier molecular flexibility index (Phi) is 4.22. The average molecular weight is 251 g/mol. The summed E-state index contributed by atoms with van der Waals surface area (Å²) in [7, 11) is 3.91. The third-order valence-corrected chi connectivity index (χ3v) is 2.84. The Labute approximate surface area is 114 Å². The number of nitrogens with zero attached hydrogens (tertiary/aromatic N) is 1. The highest BCUT2D eigenvalue weighted by molar-refractivity contribution is 5.55. The van der Waals surface area contributed by atoms with E-state index in [1.165, 1.54) is 0 Å². The van der Waals surface area contributed by atoms with E-state index in [-0.39, 0.29) is 0 Å². The Morgan fingerprint density at radius 3 is 2.26 bits per heavy atom. The van der Waals surface area contributed by atoms with E-state index in [4.69, 9.17) is 0 Å². The van der Waals surface area contributed by atoms with Crippen LogP contribution < -0.4 is 4.90 Å². The average Bonchev–Trinajstić information content (AvgIpc) is 2.46. The number of aliphatic hydroxyl groups is 1. The van der Waals surface area contributed by atoms with E-state index in [2.05, 4.69) is 11.8 Å². The molecule has 0 bridgehead atoms.